The van der Waals surface area contributed by atoms with Crippen LogP contribution in [0.4, 0.5) is 0 Å². The molecule has 2 aliphatic rings. The predicted molar refractivity (Wildman–Crippen MR) is 121 cm³/mol. The average Bonchev–Trinajstić information content (AvgIpc) is 2.77. The number of aryl methyl sites for hydroxylation is 2. The maximum absolute atomic E-state index is 3.98. The second kappa shape index (κ2) is 8.95. The van der Waals surface area contributed by atoms with Crippen LogP contribution < -0.4 is 0 Å². The molecule has 0 aliphatic heterocycles. The van der Waals surface area contributed by atoms with Gasteiger partial charge in [0.2, 0.25) is 0 Å². The second-order valence-electron chi connectivity index (χ2n) is 8.88. The molecule has 0 nitrogen and oxygen atoms in total. The van der Waals surface area contributed by atoms with Gasteiger partial charge in [0.15, 0.2) is 0 Å². The Hall–Kier alpha value is -2.08. The van der Waals surface area contributed by atoms with Crippen molar-refractivity contribution in [3.05, 3.63) is 95.6 Å². The average molecular weight is 371 g/mol. The van der Waals surface area contributed by atoms with E-state index in [9.17, 15) is 0 Å². The van der Waals surface area contributed by atoms with E-state index in [1.54, 1.807) is 16.7 Å². The largest absolute Gasteiger partial charge is 0.103 e. The van der Waals surface area contributed by atoms with Gasteiger partial charge >= 0.3 is 0 Å². The van der Waals surface area contributed by atoms with E-state index in [2.05, 4.69) is 61.7 Å². The Morgan fingerprint density at radius 2 is 1.50 bits per heavy atom. The molecule has 0 saturated heterocycles. The fourth-order valence-electron chi connectivity index (χ4n) is 5.25. The first kappa shape index (κ1) is 19.2. The molecule has 0 heterocycles. The molecule has 2 aromatic rings. The van der Waals surface area contributed by atoms with Crippen molar-refractivity contribution < 1.29 is 0 Å². The van der Waals surface area contributed by atoms with Crippen LogP contribution in [-0.4, -0.2) is 0 Å². The Morgan fingerprint density at radius 1 is 0.786 bits per heavy atom. The Kier molecular flexibility index (Phi) is 6.15. The van der Waals surface area contributed by atoms with Gasteiger partial charge in [0, 0.05) is 0 Å². The highest BCUT2D eigenvalue weighted by atomic mass is 14.3. The fraction of sp³-hybridized carbons (Fsp3) is 0.429. The standard InChI is InChI=1S/C28H34/c1-3-5-6-22-9-12-28-20-27(18-17-26(28)19-22)25-15-13-24(14-16-25)23-10-7-21(4-2)8-11-23/h3-4,9,12-16,19,21,23,27H,1-2,5-8,10-11,17-18,20H2. The SMILES string of the molecule is C=CCCc1ccc2c(c1)CCC(c1ccc(C3CCC(C=C)CC3)cc1)C2. The summed E-state index contributed by atoms with van der Waals surface area (Å²) in [5, 5.41) is 0. The van der Waals surface area contributed by atoms with Crippen LogP contribution in [0.15, 0.2) is 67.8 Å². The zero-order chi connectivity index (χ0) is 19.3. The van der Waals surface area contributed by atoms with Crippen LogP contribution in [0.3, 0.4) is 0 Å². The number of hydrogen-bond acceptors (Lipinski definition) is 0. The van der Waals surface area contributed by atoms with Crippen molar-refractivity contribution >= 4 is 0 Å². The molecule has 2 aromatic carbocycles. The van der Waals surface area contributed by atoms with Crippen molar-refractivity contribution in [1.82, 2.24) is 0 Å². The first-order valence-electron chi connectivity index (χ1n) is 11.2. The van der Waals surface area contributed by atoms with Crippen LogP contribution >= 0.6 is 0 Å². The molecule has 1 atom stereocenters. The summed E-state index contributed by atoms with van der Waals surface area (Å²) in [5.41, 5.74) is 7.69. The van der Waals surface area contributed by atoms with Crippen LogP contribution in [0.1, 0.15) is 78.2 Å². The molecule has 28 heavy (non-hydrogen) atoms. The number of allylic oxidation sites excluding steroid dienone is 2. The van der Waals surface area contributed by atoms with Crippen molar-refractivity contribution in [2.75, 3.05) is 0 Å². The second-order valence-corrected chi connectivity index (χ2v) is 8.88. The molecule has 1 fully saturated rings. The summed E-state index contributed by atoms with van der Waals surface area (Å²) in [4.78, 5) is 0. The van der Waals surface area contributed by atoms with E-state index >= 15 is 0 Å². The van der Waals surface area contributed by atoms with E-state index in [0.717, 1.165) is 24.7 Å². The smallest absolute Gasteiger partial charge is 0.0118 e. The van der Waals surface area contributed by atoms with Crippen molar-refractivity contribution in [2.45, 2.75) is 69.6 Å². The Bertz CT molecular complexity index is 802. The van der Waals surface area contributed by atoms with Crippen molar-refractivity contribution in [2.24, 2.45) is 5.92 Å². The number of hydrogen-bond donors (Lipinski definition) is 0. The highest BCUT2D eigenvalue weighted by Gasteiger charge is 2.23. The lowest BCUT2D eigenvalue weighted by Gasteiger charge is -2.28. The fourth-order valence-corrected chi connectivity index (χ4v) is 5.25. The summed E-state index contributed by atoms with van der Waals surface area (Å²) >= 11 is 0. The number of benzene rings is 2. The first-order chi connectivity index (χ1) is 13.8. The van der Waals surface area contributed by atoms with Gasteiger partial charge in [0.05, 0.1) is 0 Å². The lowest BCUT2D eigenvalue weighted by Crippen LogP contribution is -2.14. The molecule has 0 aromatic heterocycles. The maximum Gasteiger partial charge on any atom is -0.0118 e. The van der Waals surface area contributed by atoms with Crippen LogP contribution in [0.5, 0.6) is 0 Å². The van der Waals surface area contributed by atoms with Crippen molar-refractivity contribution in [1.29, 1.82) is 0 Å². The Labute approximate surface area is 171 Å². The predicted octanol–water partition coefficient (Wildman–Crippen LogP) is 7.54. The van der Waals surface area contributed by atoms with Gasteiger partial charge in [-0.3, -0.25) is 0 Å². The Balaban J connectivity index is 1.40. The third-order valence-electron chi connectivity index (χ3n) is 7.12. The third kappa shape index (κ3) is 4.32. The van der Waals surface area contributed by atoms with Crippen LogP contribution in [0.2, 0.25) is 0 Å². The van der Waals surface area contributed by atoms with Gasteiger partial charge in [-0.2, -0.15) is 0 Å². The van der Waals surface area contributed by atoms with Crippen molar-refractivity contribution in [3.8, 4) is 0 Å². The van der Waals surface area contributed by atoms with Gasteiger partial charge in [0.1, 0.15) is 0 Å². The maximum atomic E-state index is 3.98. The van der Waals surface area contributed by atoms with Crippen molar-refractivity contribution in [3.63, 3.8) is 0 Å². The molecule has 0 bridgehead atoms. The molecule has 1 unspecified atom stereocenters. The first-order valence-corrected chi connectivity index (χ1v) is 11.2. The number of fused-ring (bicyclic) bond motifs is 1. The van der Waals surface area contributed by atoms with Crippen LogP contribution in [0.25, 0.3) is 0 Å². The molecular formula is C28H34. The summed E-state index contributed by atoms with van der Waals surface area (Å²) in [6, 6.07) is 16.8. The normalized spacial score (nSPS) is 24.4. The summed E-state index contributed by atoms with van der Waals surface area (Å²) in [7, 11) is 0. The Morgan fingerprint density at radius 3 is 2.18 bits per heavy atom. The molecule has 0 N–H and O–H groups in total. The van der Waals surface area contributed by atoms with Gasteiger partial charge in [-0.1, -0.05) is 54.6 Å². The molecule has 0 heteroatoms. The van der Waals surface area contributed by atoms with Gasteiger partial charge in [-0.25, -0.2) is 0 Å². The van der Waals surface area contributed by atoms with Gasteiger partial charge < -0.3 is 0 Å². The highest BCUT2D eigenvalue weighted by Crippen LogP contribution is 2.38. The summed E-state index contributed by atoms with van der Waals surface area (Å²) < 4.78 is 0. The molecule has 0 spiro atoms. The van der Waals surface area contributed by atoms with E-state index in [1.165, 1.54) is 56.1 Å². The quantitative estimate of drug-likeness (QED) is 0.461. The van der Waals surface area contributed by atoms with Gasteiger partial charge in [0.25, 0.3) is 0 Å². The van der Waals surface area contributed by atoms with Gasteiger partial charge in [-0.15, -0.1) is 13.2 Å². The van der Waals surface area contributed by atoms with E-state index in [1.807, 2.05) is 6.08 Å². The van der Waals surface area contributed by atoms with E-state index in [0.29, 0.717) is 5.92 Å². The minimum absolute atomic E-state index is 0.678. The molecule has 0 radical (unpaired) electrons. The molecule has 146 valence electrons. The zero-order valence-corrected chi connectivity index (χ0v) is 17.2. The zero-order valence-electron chi connectivity index (χ0n) is 17.2. The summed E-state index contributed by atoms with van der Waals surface area (Å²) in [6.45, 7) is 7.82. The monoisotopic (exact) mass is 370 g/mol. The van der Waals surface area contributed by atoms with E-state index in [-0.39, 0.29) is 0 Å². The molecule has 1 saturated carbocycles. The van der Waals surface area contributed by atoms with E-state index in [4.69, 9.17) is 0 Å². The third-order valence-corrected chi connectivity index (χ3v) is 7.12. The molecule has 0 amide bonds. The topological polar surface area (TPSA) is 0 Å². The van der Waals surface area contributed by atoms with Gasteiger partial charge in [-0.05, 0) is 103 Å². The van der Waals surface area contributed by atoms with Crippen LogP contribution in [0, 0.1) is 5.92 Å². The van der Waals surface area contributed by atoms with E-state index < -0.39 is 0 Å². The summed E-state index contributed by atoms with van der Waals surface area (Å²) in [6.07, 6.45) is 15.3. The minimum Gasteiger partial charge on any atom is -0.103 e. The molecular weight excluding hydrogens is 336 g/mol. The highest BCUT2D eigenvalue weighted by molar-refractivity contribution is 5.38. The molecule has 4 rings (SSSR count). The van der Waals surface area contributed by atoms with Crippen LogP contribution in [-0.2, 0) is 19.3 Å². The summed E-state index contributed by atoms with van der Waals surface area (Å²) in [5.74, 6) is 2.18. The lowest BCUT2D eigenvalue weighted by atomic mass is 9.77. The number of rotatable bonds is 6. The lowest BCUT2D eigenvalue weighted by molar-refractivity contribution is 0.376. The minimum atomic E-state index is 0.678. The molecule has 2 aliphatic carbocycles.